The number of hydrogen-bond donors (Lipinski definition) is 3. The van der Waals surface area contributed by atoms with Crippen LogP contribution in [0.3, 0.4) is 0 Å². The first-order valence-corrected chi connectivity index (χ1v) is 18.1. The van der Waals surface area contributed by atoms with Crippen LogP contribution in [0.2, 0.25) is 0 Å². The maximum atomic E-state index is 12.3. The number of carbonyl (C=O) groups excluding carboxylic acids is 1. The van der Waals surface area contributed by atoms with E-state index in [-0.39, 0.29) is 31.1 Å². The Morgan fingerprint density at radius 2 is 1.39 bits per heavy atom. The van der Waals surface area contributed by atoms with Gasteiger partial charge in [0.05, 0.1) is 18.8 Å². The second-order valence-corrected chi connectivity index (χ2v) is 13.6. The van der Waals surface area contributed by atoms with Gasteiger partial charge in [-0.15, -0.1) is 0 Å². The van der Waals surface area contributed by atoms with Crippen molar-refractivity contribution < 1.29 is 29.3 Å². The van der Waals surface area contributed by atoms with Crippen LogP contribution in [-0.4, -0.2) is 70.7 Å². The molecule has 2 fully saturated rings. The van der Waals surface area contributed by atoms with E-state index < -0.39 is 12.3 Å². The summed E-state index contributed by atoms with van der Waals surface area (Å²) in [5.74, 6) is -0.911. The SMILES string of the molecule is O=C(O)CCCCC(=O)NCc1cccc(-c2ccc([C@H]3O[C@@H](CN4CCN(Cc5ccccc5)CC4)C[C@@H](c4ccc(CO)cc4)O3)cc2)c1. The number of amides is 1. The van der Waals surface area contributed by atoms with E-state index in [0.29, 0.717) is 25.8 Å². The van der Waals surface area contributed by atoms with Crippen molar-refractivity contribution in [3.8, 4) is 11.1 Å². The van der Waals surface area contributed by atoms with Crippen molar-refractivity contribution in [3.05, 3.63) is 131 Å². The molecule has 9 nitrogen and oxygen atoms in total. The average Bonchev–Trinajstić information content (AvgIpc) is 3.17. The van der Waals surface area contributed by atoms with Gasteiger partial charge in [0.15, 0.2) is 6.29 Å². The Hall–Kier alpha value is -4.38. The highest BCUT2D eigenvalue weighted by Gasteiger charge is 2.34. The van der Waals surface area contributed by atoms with Crippen LogP contribution in [0.1, 0.15) is 72.3 Å². The molecule has 9 heteroatoms. The van der Waals surface area contributed by atoms with Gasteiger partial charge >= 0.3 is 5.97 Å². The summed E-state index contributed by atoms with van der Waals surface area (Å²) in [6.45, 7) is 6.29. The molecule has 0 spiro atoms. The van der Waals surface area contributed by atoms with E-state index in [2.05, 4.69) is 94.0 Å². The molecule has 2 heterocycles. The van der Waals surface area contributed by atoms with Crippen LogP contribution in [0, 0.1) is 0 Å². The summed E-state index contributed by atoms with van der Waals surface area (Å²) in [4.78, 5) is 28.0. The van der Waals surface area contributed by atoms with E-state index in [1.165, 1.54) is 5.56 Å². The average molecular weight is 692 g/mol. The Morgan fingerprint density at radius 3 is 2.12 bits per heavy atom. The van der Waals surface area contributed by atoms with Crippen molar-refractivity contribution in [1.29, 1.82) is 0 Å². The Balaban J connectivity index is 1.08. The number of carboxylic acids is 1. The van der Waals surface area contributed by atoms with Gasteiger partial charge in [-0.25, -0.2) is 0 Å². The number of benzene rings is 4. The van der Waals surface area contributed by atoms with E-state index in [1.807, 2.05) is 24.3 Å². The molecule has 6 rings (SSSR count). The third-order valence-corrected chi connectivity index (χ3v) is 9.77. The summed E-state index contributed by atoms with van der Waals surface area (Å²) in [6.07, 6.45) is 1.56. The summed E-state index contributed by atoms with van der Waals surface area (Å²) in [5, 5.41) is 21.3. The van der Waals surface area contributed by atoms with Crippen LogP contribution in [0.25, 0.3) is 11.1 Å². The molecule has 0 saturated carbocycles. The topological polar surface area (TPSA) is 112 Å². The minimum Gasteiger partial charge on any atom is -0.481 e. The van der Waals surface area contributed by atoms with Gasteiger partial charge in [0.1, 0.15) is 0 Å². The van der Waals surface area contributed by atoms with E-state index in [9.17, 15) is 14.7 Å². The smallest absolute Gasteiger partial charge is 0.303 e. The molecule has 0 aromatic heterocycles. The summed E-state index contributed by atoms with van der Waals surface area (Å²) in [5.41, 5.74) is 7.36. The molecule has 1 amide bonds. The first-order valence-electron chi connectivity index (χ1n) is 18.1. The minimum atomic E-state index is -0.836. The lowest BCUT2D eigenvalue weighted by Crippen LogP contribution is -2.49. The zero-order chi connectivity index (χ0) is 35.4. The normalized spacial score (nSPS) is 19.8. The van der Waals surface area contributed by atoms with Gasteiger partial charge in [0.2, 0.25) is 5.91 Å². The second kappa shape index (κ2) is 18.2. The molecule has 3 N–H and O–H groups in total. The van der Waals surface area contributed by atoms with Crippen LogP contribution in [0.4, 0.5) is 0 Å². The molecular weight excluding hydrogens is 642 g/mol. The molecule has 2 aliphatic heterocycles. The molecule has 0 aliphatic carbocycles. The van der Waals surface area contributed by atoms with Gasteiger partial charge in [-0.05, 0) is 52.3 Å². The predicted molar refractivity (Wildman–Crippen MR) is 196 cm³/mol. The number of piperazine rings is 1. The standard InChI is InChI=1S/C42H49N3O6/c46-30-32-13-15-35(16-14-32)39-26-38(29-45-23-21-44(22-24-45)28-31-7-2-1-3-8-31)50-42(51-39)36-19-17-34(18-20-36)37-10-6-9-33(25-37)27-43-40(47)11-4-5-12-41(48)49/h1-3,6-10,13-20,25,38-39,42,46H,4-5,11-12,21-24,26-30H2,(H,43,47)(H,48,49)/t38-,39+,42+/m1/s1. The minimum absolute atomic E-state index is 0.00400. The van der Waals surface area contributed by atoms with Crippen molar-refractivity contribution in [1.82, 2.24) is 15.1 Å². The number of carbonyl (C=O) groups is 2. The lowest BCUT2D eigenvalue weighted by Gasteiger charge is -2.40. The molecule has 0 unspecified atom stereocenters. The van der Waals surface area contributed by atoms with Crippen LogP contribution in [0.5, 0.6) is 0 Å². The van der Waals surface area contributed by atoms with E-state index in [4.69, 9.17) is 14.6 Å². The molecule has 2 saturated heterocycles. The summed E-state index contributed by atoms with van der Waals surface area (Å²) in [6, 6.07) is 35.1. The predicted octanol–water partition coefficient (Wildman–Crippen LogP) is 6.47. The number of aliphatic hydroxyl groups excluding tert-OH is 1. The molecule has 51 heavy (non-hydrogen) atoms. The first kappa shape index (κ1) is 36.4. The Bertz CT molecular complexity index is 1690. The van der Waals surface area contributed by atoms with Gasteiger partial charge in [-0.2, -0.15) is 0 Å². The molecule has 268 valence electrons. The number of aliphatic carboxylic acids is 1. The van der Waals surface area contributed by atoms with Gasteiger partial charge in [0.25, 0.3) is 0 Å². The van der Waals surface area contributed by atoms with Crippen molar-refractivity contribution >= 4 is 11.9 Å². The Morgan fingerprint density at radius 1 is 0.706 bits per heavy atom. The number of nitrogens with zero attached hydrogens (tertiary/aromatic N) is 2. The van der Waals surface area contributed by atoms with Gasteiger partial charge in [-0.3, -0.25) is 19.4 Å². The molecular formula is C42H49N3O6. The van der Waals surface area contributed by atoms with Gasteiger partial charge < -0.3 is 25.0 Å². The third-order valence-electron chi connectivity index (χ3n) is 9.77. The van der Waals surface area contributed by atoms with E-state index in [1.54, 1.807) is 0 Å². The number of hydrogen-bond acceptors (Lipinski definition) is 7. The van der Waals surface area contributed by atoms with Gasteiger partial charge in [-0.1, -0.05) is 97.1 Å². The summed E-state index contributed by atoms with van der Waals surface area (Å²) >= 11 is 0. The maximum Gasteiger partial charge on any atom is 0.303 e. The van der Waals surface area contributed by atoms with Crippen molar-refractivity contribution in [2.24, 2.45) is 0 Å². The highest BCUT2D eigenvalue weighted by Crippen LogP contribution is 2.39. The largest absolute Gasteiger partial charge is 0.481 e. The molecule has 0 radical (unpaired) electrons. The van der Waals surface area contributed by atoms with Crippen molar-refractivity contribution in [2.45, 2.75) is 70.3 Å². The highest BCUT2D eigenvalue weighted by atomic mass is 16.7. The van der Waals surface area contributed by atoms with Gasteiger partial charge in [0, 0.05) is 70.6 Å². The summed E-state index contributed by atoms with van der Waals surface area (Å²) < 4.78 is 13.3. The second-order valence-electron chi connectivity index (χ2n) is 13.6. The van der Waals surface area contributed by atoms with E-state index in [0.717, 1.165) is 79.1 Å². The lowest BCUT2D eigenvalue weighted by molar-refractivity contribution is -0.253. The fraction of sp³-hybridized carbons (Fsp3) is 0.381. The Labute approximate surface area is 300 Å². The van der Waals surface area contributed by atoms with E-state index >= 15 is 0 Å². The number of unbranched alkanes of at least 4 members (excludes halogenated alkanes) is 1. The third kappa shape index (κ3) is 10.8. The van der Waals surface area contributed by atoms with Crippen molar-refractivity contribution in [3.63, 3.8) is 0 Å². The molecule has 0 bridgehead atoms. The zero-order valence-corrected chi connectivity index (χ0v) is 29.2. The molecule has 3 atom stereocenters. The van der Waals surface area contributed by atoms with Crippen LogP contribution < -0.4 is 5.32 Å². The number of ether oxygens (including phenoxy) is 2. The maximum absolute atomic E-state index is 12.3. The molecule has 2 aliphatic rings. The van der Waals surface area contributed by atoms with Crippen molar-refractivity contribution in [2.75, 3.05) is 32.7 Å². The zero-order valence-electron chi connectivity index (χ0n) is 29.2. The summed E-state index contributed by atoms with van der Waals surface area (Å²) in [7, 11) is 0. The fourth-order valence-corrected chi connectivity index (χ4v) is 6.84. The quantitative estimate of drug-likeness (QED) is 0.122. The van der Waals surface area contributed by atoms with Crippen LogP contribution in [-0.2, 0) is 38.8 Å². The van der Waals surface area contributed by atoms with Crippen LogP contribution in [0.15, 0.2) is 103 Å². The molecule has 4 aromatic rings. The number of nitrogens with one attached hydrogen (secondary N) is 1. The monoisotopic (exact) mass is 691 g/mol. The Kier molecular flexibility index (Phi) is 13.0. The number of aliphatic hydroxyl groups is 1. The number of rotatable bonds is 15. The first-order chi connectivity index (χ1) is 24.9. The fourth-order valence-electron chi connectivity index (χ4n) is 6.84. The lowest BCUT2D eigenvalue weighted by atomic mass is 9.98. The van der Waals surface area contributed by atoms with Crippen LogP contribution >= 0.6 is 0 Å². The highest BCUT2D eigenvalue weighted by molar-refractivity contribution is 5.76. The number of carboxylic acid groups (broad SMARTS) is 1. The molecule has 4 aromatic carbocycles.